The van der Waals surface area contributed by atoms with Crippen molar-refractivity contribution in [1.29, 1.82) is 0 Å². The molecule has 1 aliphatic heterocycles. The van der Waals surface area contributed by atoms with Crippen LogP contribution < -0.4 is 0 Å². The molecule has 1 aromatic carbocycles. The van der Waals surface area contributed by atoms with E-state index in [2.05, 4.69) is 31.9 Å². The molecule has 1 aromatic rings. The molecule has 100 valence electrons. The lowest BCUT2D eigenvalue weighted by molar-refractivity contribution is 0.0699. The zero-order chi connectivity index (χ0) is 13.1. The largest absolute Gasteiger partial charge is 0.508 e. The van der Waals surface area contributed by atoms with Crippen molar-refractivity contribution < 1.29 is 5.11 Å². The minimum atomic E-state index is 0.384. The summed E-state index contributed by atoms with van der Waals surface area (Å²) in [6.07, 6.45) is 3.79. The Morgan fingerprint density at radius 1 is 1.39 bits per heavy atom. The third-order valence-electron chi connectivity index (χ3n) is 4.38. The Balaban J connectivity index is 2.30. The predicted octanol–water partition coefficient (Wildman–Crippen LogP) is 3.82. The summed E-state index contributed by atoms with van der Waals surface area (Å²) in [5, 5.41) is 9.69. The van der Waals surface area contributed by atoms with Crippen LogP contribution in [0.3, 0.4) is 0 Å². The van der Waals surface area contributed by atoms with Crippen LogP contribution >= 0.6 is 0 Å². The summed E-state index contributed by atoms with van der Waals surface area (Å²) in [5.74, 6) is 1.86. The van der Waals surface area contributed by atoms with Crippen molar-refractivity contribution in [3.05, 3.63) is 29.8 Å². The molecule has 0 amide bonds. The van der Waals surface area contributed by atoms with Crippen LogP contribution in [0, 0.1) is 11.8 Å². The van der Waals surface area contributed by atoms with Gasteiger partial charge in [0.15, 0.2) is 0 Å². The number of hydrogen-bond donors (Lipinski definition) is 1. The quantitative estimate of drug-likeness (QED) is 0.877. The first kappa shape index (κ1) is 13.4. The zero-order valence-corrected chi connectivity index (χ0v) is 11.8. The van der Waals surface area contributed by atoms with Crippen LogP contribution in [0.4, 0.5) is 0 Å². The van der Waals surface area contributed by atoms with Crippen molar-refractivity contribution in [1.82, 2.24) is 4.90 Å². The number of rotatable bonds is 3. The van der Waals surface area contributed by atoms with Gasteiger partial charge in [0.05, 0.1) is 0 Å². The highest BCUT2D eigenvalue weighted by molar-refractivity contribution is 5.30. The standard InChI is InChI=1S/C16H25NO/c1-4-6-15-12(2)9-10-17(3)16(15)13-7-5-8-14(18)11-13/h5,7-8,11-12,15-16,18H,4,6,9-10H2,1-3H3. The Morgan fingerprint density at radius 3 is 2.83 bits per heavy atom. The average molecular weight is 247 g/mol. The highest BCUT2D eigenvalue weighted by Gasteiger charge is 2.34. The lowest BCUT2D eigenvalue weighted by Crippen LogP contribution is -2.40. The van der Waals surface area contributed by atoms with E-state index in [4.69, 9.17) is 0 Å². The maximum atomic E-state index is 9.69. The van der Waals surface area contributed by atoms with Crippen LogP contribution in [0.5, 0.6) is 5.75 Å². The minimum absolute atomic E-state index is 0.384. The fraction of sp³-hybridized carbons (Fsp3) is 0.625. The fourth-order valence-corrected chi connectivity index (χ4v) is 3.38. The predicted molar refractivity (Wildman–Crippen MR) is 75.7 cm³/mol. The highest BCUT2D eigenvalue weighted by atomic mass is 16.3. The summed E-state index contributed by atoms with van der Waals surface area (Å²) in [4.78, 5) is 2.45. The number of aromatic hydroxyl groups is 1. The van der Waals surface area contributed by atoms with E-state index in [0.29, 0.717) is 17.7 Å². The monoisotopic (exact) mass is 247 g/mol. The summed E-state index contributed by atoms with van der Waals surface area (Å²) in [5.41, 5.74) is 1.27. The summed E-state index contributed by atoms with van der Waals surface area (Å²) >= 11 is 0. The maximum Gasteiger partial charge on any atom is 0.115 e. The van der Waals surface area contributed by atoms with Crippen molar-refractivity contribution in [2.45, 2.75) is 39.2 Å². The maximum absolute atomic E-state index is 9.69. The van der Waals surface area contributed by atoms with Gasteiger partial charge in [-0.1, -0.05) is 32.4 Å². The van der Waals surface area contributed by atoms with Gasteiger partial charge in [-0.05, 0) is 56.0 Å². The number of phenols is 1. The summed E-state index contributed by atoms with van der Waals surface area (Å²) in [7, 11) is 2.21. The van der Waals surface area contributed by atoms with Crippen LogP contribution in [0.25, 0.3) is 0 Å². The second kappa shape index (κ2) is 5.75. The average Bonchev–Trinajstić information content (AvgIpc) is 2.34. The molecule has 1 N–H and O–H groups in total. The molecule has 2 nitrogen and oxygen atoms in total. The fourth-order valence-electron chi connectivity index (χ4n) is 3.38. The first-order valence-electron chi connectivity index (χ1n) is 7.12. The molecule has 3 unspecified atom stereocenters. The van der Waals surface area contributed by atoms with Gasteiger partial charge in [0.1, 0.15) is 5.75 Å². The minimum Gasteiger partial charge on any atom is -0.508 e. The van der Waals surface area contributed by atoms with Crippen molar-refractivity contribution >= 4 is 0 Å². The molecule has 0 saturated carbocycles. The molecule has 1 heterocycles. The van der Waals surface area contributed by atoms with Gasteiger partial charge in [-0.2, -0.15) is 0 Å². The molecule has 1 saturated heterocycles. The van der Waals surface area contributed by atoms with Gasteiger partial charge in [0.25, 0.3) is 0 Å². The number of benzene rings is 1. The van der Waals surface area contributed by atoms with Gasteiger partial charge in [0, 0.05) is 6.04 Å². The van der Waals surface area contributed by atoms with Gasteiger partial charge in [-0.3, -0.25) is 4.90 Å². The topological polar surface area (TPSA) is 23.5 Å². The van der Waals surface area contributed by atoms with E-state index in [1.165, 1.54) is 24.8 Å². The normalized spacial score (nSPS) is 29.4. The molecule has 3 atom stereocenters. The van der Waals surface area contributed by atoms with Crippen LogP contribution in [-0.4, -0.2) is 23.6 Å². The van der Waals surface area contributed by atoms with Crippen LogP contribution in [0.2, 0.25) is 0 Å². The molecule has 18 heavy (non-hydrogen) atoms. The van der Waals surface area contributed by atoms with E-state index in [0.717, 1.165) is 12.5 Å². The Hall–Kier alpha value is -1.02. The number of hydrogen-bond acceptors (Lipinski definition) is 2. The molecule has 0 spiro atoms. The van der Waals surface area contributed by atoms with E-state index in [1.807, 2.05) is 12.1 Å². The second-order valence-corrected chi connectivity index (χ2v) is 5.74. The van der Waals surface area contributed by atoms with Crippen LogP contribution in [0.15, 0.2) is 24.3 Å². The molecule has 0 aliphatic carbocycles. The Bertz CT molecular complexity index is 390. The molecule has 0 aromatic heterocycles. The third kappa shape index (κ3) is 2.69. The second-order valence-electron chi connectivity index (χ2n) is 5.74. The molecule has 1 fully saturated rings. The summed E-state index contributed by atoms with van der Waals surface area (Å²) < 4.78 is 0. The lowest BCUT2D eigenvalue weighted by atomic mass is 9.75. The molecular weight excluding hydrogens is 222 g/mol. The smallest absolute Gasteiger partial charge is 0.115 e. The molecule has 0 radical (unpaired) electrons. The van der Waals surface area contributed by atoms with Gasteiger partial charge < -0.3 is 5.11 Å². The number of likely N-dealkylation sites (tertiary alicyclic amines) is 1. The number of nitrogens with zero attached hydrogens (tertiary/aromatic N) is 1. The van der Waals surface area contributed by atoms with Gasteiger partial charge in [-0.25, -0.2) is 0 Å². The first-order chi connectivity index (χ1) is 8.63. The van der Waals surface area contributed by atoms with E-state index in [1.54, 1.807) is 6.07 Å². The number of piperidine rings is 1. The molecular formula is C16H25NO. The van der Waals surface area contributed by atoms with E-state index in [-0.39, 0.29) is 0 Å². The Labute approximate surface area is 111 Å². The van der Waals surface area contributed by atoms with E-state index in [9.17, 15) is 5.11 Å². The SMILES string of the molecule is CCCC1C(C)CCN(C)C1c1cccc(O)c1. The van der Waals surface area contributed by atoms with Crippen molar-refractivity contribution in [2.75, 3.05) is 13.6 Å². The zero-order valence-electron chi connectivity index (χ0n) is 11.8. The summed E-state index contributed by atoms with van der Waals surface area (Å²) in [6.45, 7) is 5.80. The molecule has 0 bridgehead atoms. The summed E-state index contributed by atoms with van der Waals surface area (Å²) in [6, 6.07) is 8.26. The number of phenolic OH excluding ortho intramolecular Hbond substituents is 1. The van der Waals surface area contributed by atoms with E-state index < -0.39 is 0 Å². The van der Waals surface area contributed by atoms with Crippen molar-refractivity contribution in [3.8, 4) is 5.75 Å². The van der Waals surface area contributed by atoms with E-state index >= 15 is 0 Å². The third-order valence-corrected chi connectivity index (χ3v) is 4.38. The van der Waals surface area contributed by atoms with Crippen LogP contribution in [-0.2, 0) is 0 Å². The van der Waals surface area contributed by atoms with Gasteiger partial charge in [0.2, 0.25) is 0 Å². The highest BCUT2D eigenvalue weighted by Crippen LogP contribution is 2.41. The van der Waals surface area contributed by atoms with Crippen molar-refractivity contribution in [3.63, 3.8) is 0 Å². The Morgan fingerprint density at radius 2 is 2.17 bits per heavy atom. The van der Waals surface area contributed by atoms with Crippen molar-refractivity contribution in [2.24, 2.45) is 11.8 Å². The van der Waals surface area contributed by atoms with Gasteiger partial charge >= 0.3 is 0 Å². The lowest BCUT2D eigenvalue weighted by Gasteiger charge is -2.43. The first-order valence-corrected chi connectivity index (χ1v) is 7.12. The molecule has 2 rings (SSSR count). The molecule has 1 aliphatic rings. The van der Waals surface area contributed by atoms with Crippen LogP contribution in [0.1, 0.15) is 44.7 Å². The Kier molecular flexibility index (Phi) is 4.28. The van der Waals surface area contributed by atoms with Gasteiger partial charge in [-0.15, -0.1) is 0 Å². The molecule has 2 heteroatoms.